The number of carbonyl (C=O) groups is 1. The molecule has 1 aromatic rings. The molecule has 20 heavy (non-hydrogen) atoms. The monoisotopic (exact) mass is 298 g/mol. The van der Waals surface area contributed by atoms with E-state index < -0.39 is 4.92 Å². The third kappa shape index (κ3) is 3.91. The molecule has 0 aromatic heterocycles. The lowest BCUT2D eigenvalue weighted by Crippen LogP contribution is -3.13. The van der Waals surface area contributed by atoms with Gasteiger partial charge in [-0.3, -0.25) is 14.9 Å². The second-order valence-electron chi connectivity index (χ2n) is 4.96. The predicted octanol–water partition coefficient (Wildman–Crippen LogP) is 1.26. The molecule has 2 N–H and O–H groups in total. The maximum Gasteiger partial charge on any atom is 0.279 e. The van der Waals surface area contributed by atoms with Crippen LogP contribution in [0.1, 0.15) is 19.3 Å². The van der Waals surface area contributed by atoms with Crippen molar-refractivity contribution in [3.8, 4) is 0 Å². The molecular weight excluding hydrogens is 282 g/mol. The lowest BCUT2D eigenvalue weighted by Gasteiger charge is -2.22. The highest BCUT2D eigenvalue weighted by molar-refractivity contribution is 6.33. The van der Waals surface area contributed by atoms with Crippen LogP contribution in [-0.2, 0) is 4.79 Å². The van der Waals surface area contributed by atoms with E-state index in [2.05, 4.69) is 5.32 Å². The first-order valence-electron chi connectivity index (χ1n) is 6.63. The number of nitro benzene ring substituents is 1. The maximum absolute atomic E-state index is 11.9. The van der Waals surface area contributed by atoms with E-state index in [1.54, 1.807) is 0 Å². The summed E-state index contributed by atoms with van der Waals surface area (Å²) >= 11 is 5.93. The molecule has 2 rings (SSSR count). The van der Waals surface area contributed by atoms with Gasteiger partial charge in [0.15, 0.2) is 6.54 Å². The number of amides is 1. The summed E-state index contributed by atoms with van der Waals surface area (Å²) in [7, 11) is 0. The number of rotatable bonds is 4. The van der Waals surface area contributed by atoms with Gasteiger partial charge in [-0.05, 0) is 25.3 Å². The first-order chi connectivity index (χ1) is 9.56. The van der Waals surface area contributed by atoms with Crippen LogP contribution in [0.25, 0.3) is 0 Å². The fraction of sp³-hybridized carbons (Fsp3) is 0.462. The van der Waals surface area contributed by atoms with Gasteiger partial charge in [-0.1, -0.05) is 11.6 Å². The number of anilines is 1. The molecule has 1 amide bonds. The number of non-ortho nitro benzene ring substituents is 1. The summed E-state index contributed by atoms with van der Waals surface area (Å²) in [4.78, 5) is 23.3. The van der Waals surface area contributed by atoms with Gasteiger partial charge in [0, 0.05) is 12.1 Å². The first-order valence-corrected chi connectivity index (χ1v) is 7.01. The minimum absolute atomic E-state index is 0.0883. The molecule has 0 bridgehead atoms. The smallest absolute Gasteiger partial charge is 0.279 e. The van der Waals surface area contributed by atoms with Crippen molar-refractivity contribution in [3.05, 3.63) is 33.3 Å². The Labute approximate surface area is 121 Å². The number of hydrogen-bond acceptors (Lipinski definition) is 3. The van der Waals surface area contributed by atoms with E-state index in [1.807, 2.05) is 0 Å². The van der Waals surface area contributed by atoms with Crippen molar-refractivity contribution < 1.29 is 14.6 Å². The first kappa shape index (κ1) is 14.7. The average molecular weight is 299 g/mol. The number of likely N-dealkylation sites (tertiary alicyclic amines) is 1. The highest BCUT2D eigenvalue weighted by atomic mass is 35.5. The van der Waals surface area contributed by atoms with Gasteiger partial charge in [0.25, 0.3) is 11.6 Å². The van der Waals surface area contributed by atoms with Gasteiger partial charge in [0.1, 0.15) is 0 Å². The normalized spacial score (nSPS) is 15.8. The molecule has 108 valence electrons. The number of nitrogens with zero attached hydrogens (tertiary/aromatic N) is 1. The molecule has 1 aliphatic heterocycles. The fourth-order valence-electron chi connectivity index (χ4n) is 2.37. The number of hydrogen-bond donors (Lipinski definition) is 2. The van der Waals surface area contributed by atoms with E-state index in [9.17, 15) is 14.9 Å². The average Bonchev–Trinajstić information content (AvgIpc) is 2.42. The van der Waals surface area contributed by atoms with Crippen LogP contribution in [-0.4, -0.2) is 30.5 Å². The summed E-state index contributed by atoms with van der Waals surface area (Å²) in [5.74, 6) is -0.113. The number of benzene rings is 1. The predicted molar refractivity (Wildman–Crippen MR) is 76.2 cm³/mol. The quantitative estimate of drug-likeness (QED) is 0.649. The zero-order valence-electron chi connectivity index (χ0n) is 11.0. The topological polar surface area (TPSA) is 76.7 Å². The summed E-state index contributed by atoms with van der Waals surface area (Å²) in [6, 6.07) is 4.03. The summed E-state index contributed by atoms with van der Waals surface area (Å²) < 4.78 is 0. The largest absolute Gasteiger partial charge is 0.327 e. The zero-order chi connectivity index (χ0) is 14.5. The molecule has 1 aromatic carbocycles. The van der Waals surface area contributed by atoms with Crippen molar-refractivity contribution in [2.45, 2.75) is 19.3 Å². The Hall–Kier alpha value is -1.66. The van der Waals surface area contributed by atoms with Crippen LogP contribution in [0.4, 0.5) is 11.4 Å². The van der Waals surface area contributed by atoms with E-state index in [-0.39, 0.29) is 16.6 Å². The molecule has 6 nitrogen and oxygen atoms in total. The van der Waals surface area contributed by atoms with Gasteiger partial charge in [0.2, 0.25) is 0 Å². The van der Waals surface area contributed by atoms with Crippen molar-refractivity contribution in [1.82, 2.24) is 0 Å². The Morgan fingerprint density at radius 2 is 2.05 bits per heavy atom. The molecular formula is C13H17ClN3O3+. The molecule has 1 heterocycles. The molecule has 1 saturated heterocycles. The number of quaternary nitrogens is 1. The molecule has 0 spiro atoms. The van der Waals surface area contributed by atoms with Gasteiger partial charge in [0.05, 0.1) is 28.7 Å². The number of carbonyl (C=O) groups excluding carboxylic acids is 1. The summed E-state index contributed by atoms with van der Waals surface area (Å²) in [6.07, 6.45) is 3.54. The van der Waals surface area contributed by atoms with Crippen LogP contribution in [0.15, 0.2) is 18.2 Å². The Balaban J connectivity index is 1.95. The van der Waals surface area contributed by atoms with Crippen molar-refractivity contribution in [1.29, 1.82) is 0 Å². The minimum atomic E-state index is -0.518. The molecule has 0 atom stereocenters. The Morgan fingerprint density at radius 1 is 1.35 bits per heavy atom. The highest BCUT2D eigenvalue weighted by Gasteiger charge is 2.18. The SMILES string of the molecule is O=C(C[NH+]1CCCCC1)Nc1ccc([N+](=O)[O-])cc1Cl. The molecule has 0 radical (unpaired) electrons. The number of nitro groups is 1. The highest BCUT2D eigenvalue weighted by Crippen LogP contribution is 2.26. The van der Waals surface area contributed by atoms with Crippen molar-refractivity contribution in [2.24, 2.45) is 0 Å². The maximum atomic E-state index is 11.9. The van der Waals surface area contributed by atoms with Gasteiger partial charge < -0.3 is 10.2 Å². The minimum Gasteiger partial charge on any atom is -0.327 e. The molecule has 0 saturated carbocycles. The summed E-state index contributed by atoms with van der Waals surface area (Å²) in [6.45, 7) is 2.44. The second kappa shape index (κ2) is 6.67. The van der Waals surface area contributed by atoms with Gasteiger partial charge in [-0.25, -0.2) is 0 Å². The van der Waals surface area contributed by atoms with Gasteiger partial charge >= 0.3 is 0 Å². The third-order valence-electron chi connectivity index (χ3n) is 3.41. The Morgan fingerprint density at radius 3 is 2.65 bits per heavy atom. The van der Waals surface area contributed by atoms with Crippen molar-refractivity contribution in [2.75, 3.05) is 25.0 Å². The van der Waals surface area contributed by atoms with Crippen LogP contribution < -0.4 is 10.2 Å². The number of piperidine rings is 1. The van der Waals surface area contributed by atoms with Crippen LogP contribution >= 0.6 is 11.6 Å². The molecule has 7 heteroatoms. The van der Waals surface area contributed by atoms with Crippen LogP contribution in [0, 0.1) is 10.1 Å². The molecule has 0 unspecified atom stereocenters. The second-order valence-corrected chi connectivity index (χ2v) is 5.36. The lowest BCUT2D eigenvalue weighted by molar-refractivity contribution is -0.896. The fourth-order valence-corrected chi connectivity index (χ4v) is 2.59. The van der Waals surface area contributed by atoms with Crippen LogP contribution in [0.5, 0.6) is 0 Å². The van der Waals surface area contributed by atoms with Crippen LogP contribution in [0.2, 0.25) is 5.02 Å². The Bertz CT molecular complexity index is 516. The van der Waals surface area contributed by atoms with E-state index in [0.717, 1.165) is 25.9 Å². The zero-order valence-corrected chi connectivity index (χ0v) is 11.8. The van der Waals surface area contributed by atoms with Crippen molar-refractivity contribution >= 4 is 28.9 Å². The standard InChI is InChI=1S/C13H16ClN3O3/c14-11-8-10(17(19)20)4-5-12(11)15-13(18)9-16-6-2-1-3-7-16/h4-5,8H,1-3,6-7,9H2,(H,15,18)/p+1. The van der Waals surface area contributed by atoms with E-state index in [4.69, 9.17) is 11.6 Å². The molecule has 0 aliphatic carbocycles. The van der Waals surface area contributed by atoms with E-state index >= 15 is 0 Å². The lowest BCUT2D eigenvalue weighted by atomic mass is 10.1. The van der Waals surface area contributed by atoms with Crippen LogP contribution in [0.3, 0.4) is 0 Å². The number of nitrogens with one attached hydrogen (secondary N) is 2. The molecule has 1 aliphatic rings. The van der Waals surface area contributed by atoms with E-state index in [1.165, 1.54) is 29.5 Å². The third-order valence-corrected chi connectivity index (χ3v) is 3.72. The van der Waals surface area contributed by atoms with Crippen molar-refractivity contribution in [3.63, 3.8) is 0 Å². The molecule has 1 fully saturated rings. The van der Waals surface area contributed by atoms with Gasteiger partial charge in [-0.2, -0.15) is 0 Å². The van der Waals surface area contributed by atoms with Gasteiger partial charge in [-0.15, -0.1) is 0 Å². The summed E-state index contributed by atoms with van der Waals surface area (Å²) in [5.41, 5.74) is 0.327. The Kier molecular flexibility index (Phi) is 4.92. The number of halogens is 1. The summed E-state index contributed by atoms with van der Waals surface area (Å²) in [5, 5.41) is 13.5. The van der Waals surface area contributed by atoms with E-state index in [0.29, 0.717) is 12.2 Å².